The predicted octanol–water partition coefficient (Wildman–Crippen LogP) is 5.08. The van der Waals surface area contributed by atoms with Crippen LogP contribution in [-0.2, 0) is 17.1 Å². The van der Waals surface area contributed by atoms with E-state index in [1.807, 2.05) is 0 Å². The first kappa shape index (κ1) is 19.8. The van der Waals surface area contributed by atoms with Gasteiger partial charge in [-0.3, -0.25) is 0 Å². The third-order valence-corrected chi connectivity index (χ3v) is 2.00. The minimum atomic E-state index is -5.38. The van der Waals surface area contributed by atoms with Gasteiger partial charge >= 0.3 is 28.9 Å². The van der Waals surface area contributed by atoms with Gasteiger partial charge in [0.1, 0.15) is 0 Å². The minimum absolute atomic E-state index is 0. The van der Waals surface area contributed by atoms with Gasteiger partial charge in [0.25, 0.3) is 0 Å². The summed E-state index contributed by atoms with van der Waals surface area (Å²) in [6.45, 7) is 2.65. The van der Waals surface area contributed by atoms with Gasteiger partial charge in [0.2, 0.25) is 5.83 Å². The van der Waals surface area contributed by atoms with Crippen molar-refractivity contribution in [3.8, 4) is 0 Å². The Labute approximate surface area is 110 Å². The molecule has 0 aromatic heterocycles. The van der Waals surface area contributed by atoms with Crippen LogP contribution in [0, 0.1) is 0 Å². The van der Waals surface area contributed by atoms with Crippen molar-refractivity contribution in [3.63, 3.8) is 0 Å². The number of halogens is 7. The molecule has 18 heavy (non-hydrogen) atoms. The molecule has 0 rings (SSSR count). The summed E-state index contributed by atoms with van der Waals surface area (Å²) in [4.78, 5) is 0. The molecule has 0 unspecified atom stereocenters. The van der Waals surface area contributed by atoms with Crippen molar-refractivity contribution in [2.24, 2.45) is 0 Å². The van der Waals surface area contributed by atoms with Crippen molar-refractivity contribution in [1.29, 1.82) is 0 Å². The van der Waals surface area contributed by atoms with Crippen LogP contribution in [0.15, 0.2) is 23.1 Å². The van der Waals surface area contributed by atoms with Gasteiger partial charge in [-0.1, -0.05) is 6.92 Å². The summed E-state index contributed by atoms with van der Waals surface area (Å²) in [5, 5.41) is 0. The van der Waals surface area contributed by atoms with Crippen LogP contribution in [0.3, 0.4) is 0 Å². The largest absolute Gasteiger partial charge is 2.00 e. The van der Waals surface area contributed by atoms with E-state index in [4.69, 9.17) is 0 Å². The average Bonchev–Trinajstić information content (AvgIpc) is 2.25. The maximum atomic E-state index is 12.9. The first-order valence-electron chi connectivity index (χ1n) is 4.63. The second-order valence-electron chi connectivity index (χ2n) is 3.57. The van der Waals surface area contributed by atoms with E-state index in [0.29, 0.717) is 6.92 Å². The van der Waals surface area contributed by atoms with E-state index in [9.17, 15) is 30.7 Å². The van der Waals surface area contributed by atoms with Crippen LogP contribution in [0.1, 0.15) is 27.2 Å². The second-order valence-corrected chi connectivity index (χ2v) is 3.57. The monoisotopic (exact) mass is 327 g/mol. The number of hydrogen-bond donors (Lipinski definition) is 0. The Morgan fingerprint density at radius 1 is 0.889 bits per heavy atom. The van der Waals surface area contributed by atoms with E-state index < -0.39 is 41.3 Å². The Kier molecular flexibility index (Phi) is 7.29. The average molecular weight is 328 g/mol. The topological polar surface area (TPSA) is 0 Å². The van der Waals surface area contributed by atoms with E-state index in [1.54, 1.807) is 0 Å². The molecule has 0 spiro atoms. The summed E-state index contributed by atoms with van der Waals surface area (Å²) in [5.41, 5.74) is -0.437. The number of alkyl halides is 4. The molecule has 0 aliphatic rings. The molecule has 0 aromatic carbocycles. The Morgan fingerprint density at radius 2 is 1.28 bits per heavy atom. The fourth-order valence-corrected chi connectivity index (χ4v) is 0.836. The molecule has 0 nitrogen and oxygen atoms in total. The van der Waals surface area contributed by atoms with Crippen LogP contribution in [-0.4, -0.2) is 11.8 Å². The summed E-state index contributed by atoms with van der Waals surface area (Å²) < 4.78 is 89.6. The molecule has 109 valence electrons. The van der Waals surface area contributed by atoms with E-state index in [0.717, 1.165) is 13.8 Å². The Balaban J connectivity index is 0. The summed E-state index contributed by atoms with van der Waals surface area (Å²) in [6.07, 6.45) is -1.41. The van der Waals surface area contributed by atoms with Crippen molar-refractivity contribution in [3.05, 3.63) is 23.1 Å². The molecule has 0 bridgehead atoms. The molecule has 0 heterocycles. The number of allylic oxidation sites excluding steroid dienone is 4. The van der Waals surface area contributed by atoms with Gasteiger partial charge in [-0.25, -0.2) is 13.2 Å². The maximum Gasteiger partial charge on any atom is 2.00 e. The molecule has 0 fully saturated rings. The van der Waals surface area contributed by atoms with Gasteiger partial charge < -0.3 is 0 Å². The molecule has 8 heteroatoms. The van der Waals surface area contributed by atoms with Crippen LogP contribution in [0.2, 0.25) is 0 Å². The summed E-state index contributed by atoms with van der Waals surface area (Å²) >= 11 is 0. The molecule has 0 amide bonds. The third kappa shape index (κ3) is 3.75. The molecule has 0 saturated heterocycles. The molecular weight excluding hydrogens is 317 g/mol. The molecule has 0 aliphatic heterocycles. The van der Waals surface area contributed by atoms with Gasteiger partial charge in [-0.2, -0.15) is 17.6 Å². The van der Waals surface area contributed by atoms with Crippen molar-refractivity contribution < 1.29 is 47.8 Å². The molecular formula is C10H11CuF7+2. The first-order chi connectivity index (χ1) is 7.49. The quantitative estimate of drug-likeness (QED) is 0.384. The normalized spacial score (nSPS) is 13.7. The van der Waals surface area contributed by atoms with E-state index in [2.05, 4.69) is 0 Å². The molecule has 0 atom stereocenters. The van der Waals surface area contributed by atoms with Gasteiger partial charge in [-0.15, -0.1) is 0 Å². The molecule has 0 N–H and O–H groups in total. The van der Waals surface area contributed by atoms with Gasteiger partial charge in [0.05, 0.1) is 0 Å². The fraction of sp³-hybridized carbons (Fsp3) is 0.600. The van der Waals surface area contributed by atoms with Crippen LogP contribution < -0.4 is 0 Å². The van der Waals surface area contributed by atoms with Gasteiger partial charge in [-0.05, 0) is 19.4 Å². The summed E-state index contributed by atoms with van der Waals surface area (Å²) in [6, 6.07) is 0. The molecule has 0 aromatic rings. The van der Waals surface area contributed by atoms with Crippen molar-refractivity contribution in [2.75, 3.05) is 0 Å². The van der Waals surface area contributed by atoms with E-state index in [1.165, 1.54) is 0 Å². The first-order valence-corrected chi connectivity index (χ1v) is 4.63. The van der Waals surface area contributed by atoms with E-state index in [-0.39, 0.29) is 17.1 Å². The Hall–Kier alpha value is -0.491. The maximum absolute atomic E-state index is 12.9. The summed E-state index contributed by atoms with van der Waals surface area (Å²) in [5.74, 6) is -17.8. The Morgan fingerprint density at radius 3 is 1.56 bits per heavy atom. The zero-order valence-corrected chi connectivity index (χ0v) is 10.6. The van der Waals surface area contributed by atoms with Crippen LogP contribution >= 0.6 is 0 Å². The van der Waals surface area contributed by atoms with Crippen LogP contribution in [0.4, 0.5) is 30.7 Å². The van der Waals surface area contributed by atoms with Crippen molar-refractivity contribution in [1.82, 2.24) is 0 Å². The Bertz CT molecular complexity index is 353. The van der Waals surface area contributed by atoms with Gasteiger partial charge in [0.15, 0.2) is 11.7 Å². The van der Waals surface area contributed by atoms with E-state index >= 15 is 0 Å². The summed E-state index contributed by atoms with van der Waals surface area (Å²) in [7, 11) is 0. The zero-order valence-electron chi connectivity index (χ0n) is 9.65. The predicted molar refractivity (Wildman–Crippen MR) is 48.9 cm³/mol. The van der Waals surface area contributed by atoms with Crippen LogP contribution in [0.5, 0.6) is 0 Å². The standard InChI is InChI=1S/C10H11F7.Cu/c1-4-9(14,15)10(16,17)8(13)7(12)6(11)5(2)3;/h4H2,1-3H3;/q;+2. The molecule has 0 saturated carbocycles. The van der Waals surface area contributed by atoms with Gasteiger partial charge in [0, 0.05) is 6.42 Å². The smallest absolute Gasteiger partial charge is 0.204 e. The van der Waals surface area contributed by atoms with Crippen molar-refractivity contribution >= 4 is 0 Å². The second kappa shape index (κ2) is 6.61. The minimum Gasteiger partial charge on any atom is -0.204 e. The number of rotatable bonds is 4. The zero-order chi connectivity index (χ0) is 14.0. The van der Waals surface area contributed by atoms with Crippen LogP contribution in [0.25, 0.3) is 0 Å². The molecule has 0 aliphatic carbocycles. The SMILES string of the molecule is CCC(F)(F)C(F)(F)C(F)=C(F)C(F)=C(C)C.[Cu+2]. The molecule has 1 radical (unpaired) electrons. The number of hydrogen-bond acceptors (Lipinski definition) is 0. The van der Waals surface area contributed by atoms with Crippen molar-refractivity contribution in [2.45, 2.75) is 39.0 Å². The fourth-order valence-electron chi connectivity index (χ4n) is 0.836. The third-order valence-electron chi connectivity index (χ3n) is 2.00.